The van der Waals surface area contributed by atoms with Gasteiger partial charge in [-0.05, 0) is 41.3 Å². The lowest BCUT2D eigenvalue weighted by Gasteiger charge is -2.02. The van der Waals surface area contributed by atoms with Crippen LogP contribution in [0.3, 0.4) is 0 Å². The zero-order valence-electron chi connectivity index (χ0n) is 10.8. The molecular formula is C14H18BrN3. The van der Waals surface area contributed by atoms with E-state index in [0.29, 0.717) is 6.54 Å². The van der Waals surface area contributed by atoms with Gasteiger partial charge in [-0.15, -0.1) is 0 Å². The van der Waals surface area contributed by atoms with Crippen molar-refractivity contribution in [3.63, 3.8) is 0 Å². The summed E-state index contributed by atoms with van der Waals surface area (Å²) in [6.07, 6.45) is 1.93. The van der Waals surface area contributed by atoms with Crippen LogP contribution in [0.25, 0.3) is 0 Å². The van der Waals surface area contributed by atoms with Crippen molar-refractivity contribution in [3.05, 3.63) is 51.5 Å². The van der Waals surface area contributed by atoms with Crippen LogP contribution in [-0.2, 0) is 26.4 Å². The normalized spacial score (nSPS) is 10.9. The molecule has 4 heteroatoms. The van der Waals surface area contributed by atoms with Crippen molar-refractivity contribution in [2.24, 2.45) is 12.8 Å². The van der Waals surface area contributed by atoms with E-state index in [2.05, 4.69) is 52.1 Å². The zero-order chi connectivity index (χ0) is 13.1. The molecule has 0 atom stereocenters. The van der Waals surface area contributed by atoms with Gasteiger partial charge < -0.3 is 10.3 Å². The molecule has 96 valence electrons. The Morgan fingerprint density at radius 1 is 1.33 bits per heavy atom. The second kappa shape index (κ2) is 5.67. The number of aromatic nitrogens is 2. The van der Waals surface area contributed by atoms with E-state index < -0.39 is 0 Å². The van der Waals surface area contributed by atoms with Crippen LogP contribution in [-0.4, -0.2) is 9.55 Å². The number of halogens is 1. The van der Waals surface area contributed by atoms with Crippen molar-refractivity contribution in [1.29, 1.82) is 0 Å². The molecule has 0 aliphatic rings. The van der Waals surface area contributed by atoms with Crippen LogP contribution in [0.4, 0.5) is 0 Å². The first-order chi connectivity index (χ1) is 8.61. The number of nitrogens with two attached hydrogens (primary N) is 1. The maximum atomic E-state index is 5.66. The summed E-state index contributed by atoms with van der Waals surface area (Å²) < 4.78 is 3.04. The number of hydrogen-bond donors (Lipinski definition) is 1. The summed E-state index contributed by atoms with van der Waals surface area (Å²) in [5, 5.41) is 0. The van der Waals surface area contributed by atoms with Crippen LogP contribution in [0.15, 0.2) is 28.9 Å². The van der Waals surface area contributed by atoms with Gasteiger partial charge in [-0.2, -0.15) is 0 Å². The van der Waals surface area contributed by atoms with Gasteiger partial charge >= 0.3 is 0 Å². The first-order valence-corrected chi connectivity index (χ1v) is 6.86. The number of rotatable bonds is 4. The molecule has 1 aromatic heterocycles. The van der Waals surface area contributed by atoms with E-state index in [1.54, 1.807) is 0 Å². The topological polar surface area (TPSA) is 43.8 Å². The smallest absolute Gasteiger partial charge is 0.123 e. The molecule has 2 N–H and O–H groups in total. The molecule has 0 unspecified atom stereocenters. The molecule has 0 radical (unpaired) electrons. The molecule has 3 nitrogen and oxygen atoms in total. The predicted octanol–water partition coefficient (Wildman–Crippen LogP) is 2.73. The van der Waals surface area contributed by atoms with E-state index in [1.165, 1.54) is 11.1 Å². The highest BCUT2D eigenvalue weighted by atomic mass is 79.9. The summed E-state index contributed by atoms with van der Waals surface area (Å²) in [6.45, 7) is 2.59. The molecule has 1 aromatic carbocycles. The molecule has 0 amide bonds. The molecule has 0 fully saturated rings. The average Bonchev–Trinajstić information content (AvgIpc) is 2.64. The van der Waals surface area contributed by atoms with E-state index in [0.717, 1.165) is 29.0 Å². The Kier molecular flexibility index (Phi) is 4.19. The van der Waals surface area contributed by atoms with Gasteiger partial charge in [0.1, 0.15) is 10.4 Å². The Morgan fingerprint density at radius 3 is 2.72 bits per heavy atom. The van der Waals surface area contributed by atoms with Gasteiger partial charge in [-0.1, -0.05) is 29.8 Å². The minimum atomic E-state index is 0.472. The third kappa shape index (κ3) is 2.82. The highest BCUT2D eigenvalue weighted by Gasteiger charge is 2.11. The van der Waals surface area contributed by atoms with Gasteiger partial charge in [-0.25, -0.2) is 4.98 Å². The van der Waals surface area contributed by atoms with Gasteiger partial charge in [0.15, 0.2) is 0 Å². The Balaban J connectivity index is 2.11. The number of nitrogens with zero attached hydrogens (tertiary/aromatic N) is 2. The third-order valence-corrected chi connectivity index (χ3v) is 4.09. The second-order valence-corrected chi connectivity index (χ2v) is 5.27. The monoisotopic (exact) mass is 307 g/mol. The molecule has 0 bridgehead atoms. The molecule has 0 saturated heterocycles. The summed E-state index contributed by atoms with van der Waals surface area (Å²) in [5.41, 5.74) is 9.39. The molecule has 0 saturated carbocycles. The van der Waals surface area contributed by atoms with Crippen molar-refractivity contribution < 1.29 is 0 Å². The largest absolute Gasteiger partial charge is 0.325 e. The van der Waals surface area contributed by atoms with Crippen LogP contribution in [0.5, 0.6) is 0 Å². The van der Waals surface area contributed by atoms with Gasteiger partial charge in [-0.3, -0.25) is 0 Å². The fourth-order valence-corrected chi connectivity index (χ4v) is 2.55. The number of benzene rings is 1. The van der Waals surface area contributed by atoms with Crippen LogP contribution in [0, 0.1) is 6.92 Å². The van der Waals surface area contributed by atoms with E-state index in [4.69, 9.17) is 5.73 Å². The van der Waals surface area contributed by atoms with E-state index in [9.17, 15) is 0 Å². The van der Waals surface area contributed by atoms with Crippen molar-refractivity contribution in [1.82, 2.24) is 9.55 Å². The SMILES string of the molecule is Cc1cccc(CCc2nc(CN)n(C)c2Br)c1. The second-order valence-electron chi connectivity index (χ2n) is 4.52. The maximum Gasteiger partial charge on any atom is 0.123 e. The summed E-state index contributed by atoms with van der Waals surface area (Å²) in [7, 11) is 1.98. The molecule has 0 aliphatic heterocycles. The maximum absolute atomic E-state index is 5.66. The fourth-order valence-electron chi connectivity index (χ4n) is 2.06. The Bertz CT molecular complexity index is 546. The van der Waals surface area contributed by atoms with Crippen molar-refractivity contribution in [2.75, 3.05) is 0 Å². The third-order valence-electron chi connectivity index (χ3n) is 3.10. The van der Waals surface area contributed by atoms with Gasteiger partial charge in [0.05, 0.1) is 12.2 Å². The van der Waals surface area contributed by atoms with Crippen molar-refractivity contribution >= 4 is 15.9 Å². The van der Waals surface area contributed by atoms with E-state index in [-0.39, 0.29) is 0 Å². The van der Waals surface area contributed by atoms with Crippen LogP contribution < -0.4 is 5.73 Å². The van der Waals surface area contributed by atoms with Crippen LogP contribution >= 0.6 is 15.9 Å². The highest BCUT2D eigenvalue weighted by molar-refractivity contribution is 9.10. The van der Waals surface area contributed by atoms with Gasteiger partial charge in [0.2, 0.25) is 0 Å². The molecule has 18 heavy (non-hydrogen) atoms. The van der Waals surface area contributed by atoms with Gasteiger partial charge in [0, 0.05) is 7.05 Å². The van der Waals surface area contributed by atoms with Crippen molar-refractivity contribution in [3.8, 4) is 0 Å². The van der Waals surface area contributed by atoms with Crippen molar-refractivity contribution in [2.45, 2.75) is 26.3 Å². The lowest BCUT2D eigenvalue weighted by molar-refractivity contribution is 0.781. The van der Waals surface area contributed by atoms with Gasteiger partial charge in [0.25, 0.3) is 0 Å². The fraction of sp³-hybridized carbons (Fsp3) is 0.357. The van der Waals surface area contributed by atoms with E-state index >= 15 is 0 Å². The quantitative estimate of drug-likeness (QED) is 0.944. The Labute approximate surface area is 116 Å². The zero-order valence-corrected chi connectivity index (χ0v) is 12.4. The Morgan fingerprint density at radius 2 is 2.11 bits per heavy atom. The minimum absolute atomic E-state index is 0.472. The minimum Gasteiger partial charge on any atom is -0.325 e. The Hall–Kier alpha value is -1.13. The number of hydrogen-bond acceptors (Lipinski definition) is 2. The number of aryl methyl sites for hydroxylation is 3. The molecular weight excluding hydrogens is 290 g/mol. The lowest BCUT2D eigenvalue weighted by atomic mass is 10.1. The summed E-state index contributed by atoms with van der Waals surface area (Å²) >= 11 is 3.57. The molecule has 2 aromatic rings. The number of imidazole rings is 1. The first-order valence-electron chi connectivity index (χ1n) is 6.07. The lowest BCUT2D eigenvalue weighted by Crippen LogP contribution is -2.04. The standard InChI is InChI=1S/C14H18BrN3/c1-10-4-3-5-11(8-10)6-7-12-14(15)18(2)13(9-16)17-12/h3-5,8H,6-7,9,16H2,1-2H3. The highest BCUT2D eigenvalue weighted by Crippen LogP contribution is 2.19. The van der Waals surface area contributed by atoms with E-state index in [1.807, 2.05) is 11.6 Å². The molecule has 2 rings (SSSR count). The molecule has 1 heterocycles. The summed E-state index contributed by atoms with van der Waals surface area (Å²) in [5.74, 6) is 0.918. The molecule has 0 spiro atoms. The summed E-state index contributed by atoms with van der Waals surface area (Å²) in [6, 6.07) is 8.60. The average molecular weight is 308 g/mol. The first kappa shape index (κ1) is 13.3. The predicted molar refractivity (Wildman–Crippen MR) is 77.4 cm³/mol. The van der Waals surface area contributed by atoms with Crippen LogP contribution in [0.2, 0.25) is 0 Å². The van der Waals surface area contributed by atoms with Crippen LogP contribution in [0.1, 0.15) is 22.6 Å². The summed E-state index contributed by atoms with van der Waals surface area (Å²) in [4.78, 5) is 4.56. The molecule has 0 aliphatic carbocycles.